The van der Waals surface area contributed by atoms with Gasteiger partial charge in [0, 0.05) is 0 Å². The first kappa shape index (κ1) is 12.5. The van der Waals surface area contributed by atoms with Gasteiger partial charge in [-0.1, -0.05) is 34.8 Å². The summed E-state index contributed by atoms with van der Waals surface area (Å²) in [6.45, 7) is 0. The standard InChI is InChI=1S/CHCl3.CH4O3S/c2-1(3)4;1-5(2,3)4/h1H;1H3,(H,2,3,4). The summed E-state index contributed by atoms with van der Waals surface area (Å²) in [6.07, 6.45) is 0.715. The van der Waals surface area contributed by atoms with E-state index in [9.17, 15) is 8.42 Å². The number of rotatable bonds is 0. The van der Waals surface area contributed by atoms with Crippen molar-refractivity contribution in [3.8, 4) is 0 Å². The zero-order valence-electron chi connectivity index (χ0n) is 4.38. The SMILES string of the molecule is CS(=O)(=O)O.ClC(Cl)Cl. The zero-order chi connectivity index (χ0) is 8.08. The van der Waals surface area contributed by atoms with Gasteiger partial charge >= 0.3 is 0 Å². The molecule has 58 valence electrons. The fourth-order valence-electron chi connectivity index (χ4n) is 0. The molecule has 0 unspecified atom stereocenters. The Balaban J connectivity index is 0. The number of halogens is 3. The van der Waals surface area contributed by atoms with Crippen LogP contribution < -0.4 is 0 Å². The van der Waals surface area contributed by atoms with Crippen molar-refractivity contribution >= 4 is 44.9 Å². The third-order valence-electron chi connectivity index (χ3n) is 0. The molecule has 0 fully saturated rings. The summed E-state index contributed by atoms with van der Waals surface area (Å²) in [4.78, 5) is 0. The molecule has 0 aliphatic heterocycles. The van der Waals surface area contributed by atoms with Crippen LogP contribution in [0.25, 0.3) is 0 Å². The Morgan fingerprint density at radius 2 is 1.33 bits per heavy atom. The average Bonchev–Trinajstić information content (AvgIpc) is 1.19. The minimum absolute atomic E-state index is 0.715. The second kappa shape index (κ2) is 5.56. The van der Waals surface area contributed by atoms with Crippen molar-refractivity contribution in [1.82, 2.24) is 0 Å². The Labute approximate surface area is 68.6 Å². The molecule has 0 spiro atoms. The Hall–Kier alpha value is 0.780. The molecule has 0 amide bonds. The van der Waals surface area contributed by atoms with E-state index in [4.69, 9.17) is 39.4 Å². The van der Waals surface area contributed by atoms with Crippen LogP contribution in [0.4, 0.5) is 0 Å². The van der Waals surface area contributed by atoms with Gasteiger partial charge < -0.3 is 0 Å². The molecule has 0 aromatic rings. The van der Waals surface area contributed by atoms with E-state index in [2.05, 4.69) is 0 Å². The predicted molar refractivity (Wildman–Crippen MR) is 38.8 cm³/mol. The lowest BCUT2D eigenvalue weighted by molar-refractivity contribution is 0.490. The van der Waals surface area contributed by atoms with Crippen molar-refractivity contribution in [1.29, 1.82) is 0 Å². The summed E-state index contributed by atoms with van der Waals surface area (Å²) >= 11 is 14.4. The van der Waals surface area contributed by atoms with Crippen LogP contribution in [0, 0.1) is 0 Å². The van der Waals surface area contributed by atoms with Gasteiger partial charge in [-0.15, -0.1) is 0 Å². The van der Waals surface area contributed by atoms with E-state index in [-0.39, 0.29) is 0 Å². The largest absolute Gasteiger partial charge is 0.286 e. The van der Waals surface area contributed by atoms with E-state index >= 15 is 0 Å². The minimum atomic E-state index is -3.67. The Kier molecular flexibility index (Phi) is 7.69. The molecular weight excluding hydrogens is 210 g/mol. The van der Waals surface area contributed by atoms with Gasteiger partial charge in [-0.25, -0.2) is 0 Å². The van der Waals surface area contributed by atoms with Crippen LogP contribution in [0.15, 0.2) is 0 Å². The molecule has 0 aromatic heterocycles. The predicted octanol–water partition coefficient (Wildman–Crippen LogP) is 1.49. The summed E-state index contributed by atoms with van der Waals surface area (Å²) in [5, 5.41) is 0. The molecule has 0 aromatic carbocycles. The van der Waals surface area contributed by atoms with Crippen LogP contribution in [0.1, 0.15) is 0 Å². The normalized spacial score (nSPS) is 10.4. The monoisotopic (exact) mass is 214 g/mol. The summed E-state index contributed by atoms with van der Waals surface area (Å²) in [6, 6.07) is 0. The van der Waals surface area contributed by atoms with Crippen LogP contribution in [-0.4, -0.2) is 23.5 Å². The highest BCUT2D eigenvalue weighted by Gasteiger charge is 1.81. The Morgan fingerprint density at radius 1 is 1.33 bits per heavy atom. The van der Waals surface area contributed by atoms with Crippen LogP contribution in [0.3, 0.4) is 0 Å². The third-order valence-corrected chi connectivity index (χ3v) is 0. The topological polar surface area (TPSA) is 54.4 Å². The summed E-state index contributed by atoms with van der Waals surface area (Å²) in [5.74, 6) is 0. The van der Waals surface area contributed by atoms with Crippen LogP contribution in [0.2, 0.25) is 0 Å². The van der Waals surface area contributed by atoms with E-state index in [1.165, 1.54) is 0 Å². The Morgan fingerprint density at radius 3 is 1.33 bits per heavy atom. The van der Waals surface area contributed by atoms with Gasteiger partial charge in [0.2, 0.25) is 0 Å². The zero-order valence-corrected chi connectivity index (χ0v) is 7.47. The lowest BCUT2D eigenvalue weighted by Gasteiger charge is -1.69. The second-order valence-electron chi connectivity index (χ2n) is 0.980. The summed E-state index contributed by atoms with van der Waals surface area (Å²) in [5.41, 5.74) is 0. The van der Waals surface area contributed by atoms with Crippen molar-refractivity contribution < 1.29 is 13.0 Å². The van der Waals surface area contributed by atoms with Gasteiger partial charge in [-0.3, -0.25) is 4.55 Å². The van der Waals surface area contributed by atoms with Gasteiger partial charge in [0.1, 0.15) is 0 Å². The highest BCUT2D eigenvalue weighted by atomic mass is 35.6. The van der Waals surface area contributed by atoms with Gasteiger partial charge in [0.15, 0.2) is 4.30 Å². The molecular formula is C2H5Cl3O3S. The third kappa shape index (κ3) is 663. The lowest BCUT2D eigenvalue weighted by Crippen LogP contribution is -1.88. The molecule has 3 nitrogen and oxygen atoms in total. The molecule has 0 heterocycles. The van der Waals surface area contributed by atoms with Crippen LogP contribution in [0.5, 0.6) is 0 Å². The maximum absolute atomic E-state index is 9.19. The van der Waals surface area contributed by atoms with E-state index in [0.717, 1.165) is 0 Å². The first-order valence-corrected chi connectivity index (χ1v) is 4.74. The maximum atomic E-state index is 9.19. The van der Waals surface area contributed by atoms with Crippen molar-refractivity contribution in [2.45, 2.75) is 4.30 Å². The maximum Gasteiger partial charge on any atom is 0.261 e. The second-order valence-corrected chi connectivity index (χ2v) is 4.43. The molecule has 0 bridgehead atoms. The van der Waals surface area contributed by atoms with Gasteiger partial charge in [-0.05, 0) is 0 Å². The molecule has 0 rings (SSSR count). The quantitative estimate of drug-likeness (QED) is 0.492. The molecule has 9 heavy (non-hydrogen) atoms. The fraction of sp³-hybridized carbons (Fsp3) is 1.00. The van der Waals surface area contributed by atoms with Gasteiger partial charge in [0.25, 0.3) is 10.1 Å². The number of alkyl halides is 3. The van der Waals surface area contributed by atoms with Crippen LogP contribution in [-0.2, 0) is 10.1 Å². The van der Waals surface area contributed by atoms with Gasteiger partial charge in [-0.2, -0.15) is 8.42 Å². The van der Waals surface area contributed by atoms with E-state index in [1.807, 2.05) is 0 Å². The molecule has 7 heteroatoms. The lowest BCUT2D eigenvalue weighted by atomic mass is 11.9. The van der Waals surface area contributed by atoms with Crippen LogP contribution >= 0.6 is 34.8 Å². The van der Waals surface area contributed by atoms with E-state index in [0.29, 0.717) is 6.26 Å². The molecule has 0 radical (unpaired) electrons. The Bertz CT molecular complexity index is 128. The minimum Gasteiger partial charge on any atom is -0.286 e. The first-order chi connectivity index (χ1) is 3.73. The summed E-state index contributed by atoms with van der Waals surface area (Å²) < 4.78 is 25.1. The fourth-order valence-corrected chi connectivity index (χ4v) is 0. The van der Waals surface area contributed by atoms with E-state index in [1.54, 1.807) is 0 Å². The molecule has 1 N–H and O–H groups in total. The summed E-state index contributed by atoms with van der Waals surface area (Å²) in [7, 11) is -3.67. The van der Waals surface area contributed by atoms with Crippen molar-refractivity contribution in [3.63, 3.8) is 0 Å². The highest BCUT2D eigenvalue weighted by molar-refractivity contribution is 7.85. The van der Waals surface area contributed by atoms with Crippen molar-refractivity contribution in [2.24, 2.45) is 0 Å². The van der Waals surface area contributed by atoms with E-state index < -0.39 is 14.4 Å². The van der Waals surface area contributed by atoms with Crippen molar-refractivity contribution in [3.05, 3.63) is 0 Å². The smallest absolute Gasteiger partial charge is 0.261 e. The number of hydrogen-bond donors (Lipinski definition) is 1. The number of hydrogen-bond acceptors (Lipinski definition) is 2. The average molecular weight is 215 g/mol. The van der Waals surface area contributed by atoms with Crippen molar-refractivity contribution in [2.75, 3.05) is 6.26 Å². The molecule has 0 saturated carbocycles. The van der Waals surface area contributed by atoms with Gasteiger partial charge in [0.05, 0.1) is 6.26 Å². The molecule has 0 atom stereocenters. The highest BCUT2D eigenvalue weighted by Crippen LogP contribution is 2.03. The molecule has 0 aliphatic carbocycles. The molecule has 0 saturated heterocycles. The molecule has 0 aliphatic rings. The first-order valence-electron chi connectivity index (χ1n) is 1.58.